The van der Waals surface area contributed by atoms with E-state index in [0.717, 1.165) is 45.1 Å². The van der Waals surface area contributed by atoms with Gasteiger partial charge in [0.2, 0.25) is 0 Å². The van der Waals surface area contributed by atoms with E-state index in [-0.39, 0.29) is 5.41 Å². The fourth-order valence-electron chi connectivity index (χ4n) is 9.10. The molecule has 0 saturated heterocycles. The Hall–Kier alpha value is -6.62. The second kappa shape index (κ2) is 11.2. The van der Waals surface area contributed by atoms with Crippen molar-refractivity contribution in [3.8, 4) is 39.5 Å². The summed E-state index contributed by atoms with van der Waals surface area (Å²) in [6, 6.07) is 59.8. The molecule has 0 amide bonds. The van der Waals surface area contributed by atoms with Gasteiger partial charge in [0.1, 0.15) is 5.69 Å². The van der Waals surface area contributed by atoms with Gasteiger partial charge in [-0.3, -0.25) is 4.57 Å². The van der Waals surface area contributed by atoms with Crippen LogP contribution in [-0.4, -0.2) is 14.5 Å². The lowest BCUT2D eigenvalue weighted by atomic mass is 9.84. The van der Waals surface area contributed by atoms with E-state index in [9.17, 15) is 0 Å². The quantitative estimate of drug-likeness (QED) is 0.182. The lowest BCUT2D eigenvalue weighted by molar-refractivity contribution is 0.633. The minimum atomic E-state index is -0.376. The predicted molar refractivity (Wildman–Crippen MR) is 233 cm³/mol. The van der Waals surface area contributed by atoms with Gasteiger partial charge in [0.05, 0.1) is 22.4 Å². The maximum Gasteiger partial charge on any atom is 0.164 e. The first-order valence-electron chi connectivity index (χ1n) is 18.9. The van der Waals surface area contributed by atoms with E-state index in [1.807, 2.05) is 11.3 Å². The van der Waals surface area contributed by atoms with Crippen molar-refractivity contribution >= 4 is 74.9 Å². The molecule has 11 aromatic rings. The molecular weight excluding hydrogens is 687 g/mol. The highest BCUT2D eigenvalue weighted by molar-refractivity contribution is 7.25. The van der Waals surface area contributed by atoms with Crippen molar-refractivity contribution in [2.45, 2.75) is 19.3 Å². The molecule has 0 spiro atoms. The lowest BCUT2D eigenvalue weighted by Crippen LogP contribution is -2.19. The minimum absolute atomic E-state index is 0.376. The molecule has 3 nitrogen and oxygen atoms in total. The van der Waals surface area contributed by atoms with Gasteiger partial charge in [0.25, 0.3) is 0 Å². The van der Waals surface area contributed by atoms with Crippen LogP contribution in [0.25, 0.3) is 103 Å². The van der Waals surface area contributed by atoms with E-state index < -0.39 is 0 Å². The number of fused-ring (bicyclic) bond motifs is 11. The minimum Gasteiger partial charge on any atom is -0.292 e. The van der Waals surface area contributed by atoms with E-state index in [1.54, 1.807) is 0 Å². The summed E-state index contributed by atoms with van der Waals surface area (Å²) in [6.45, 7) is 4.62. The van der Waals surface area contributed by atoms with Crippen molar-refractivity contribution < 1.29 is 0 Å². The third-order valence-electron chi connectivity index (χ3n) is 11.9. The average Bonchev–Trinajstić information content (AvgIpc) is 3.83. The standard InChI is InChI=1S/C51H33N3S/c1-51(2)42-27-35(34-20-19-30-11-3-4-12-31(30)25-34)21-24-40(42)48-49(51)53-50(47(52-48)36-22-23-39-38-16-8-10-18-45(38)55-46(39)29-36)54-43-17-9-7-15-37(43)41-26-32-13-5-6-14-33(32)28-44(41)54/h3-29H,1-2H3. The maximum atomic E-state index is 5.79. The number of aromatic nitrogens is 3. The topological polar surface area (TPSA) is 30.7 Å². The summed E-state index contributed by atoms with van der Waals surface area (Å²) in [4.78, 5) is 11.5. The van der Waals surface area contributed by atoms with Gasteiger partial charge in [-0.25, -0.2) is 9.97 Å². The normalized spacial score (nSPS) is 13.4. The molecular formula is C51H33N3S. The Morgan fingerprint density at radius 1 is 0.455 bits per heavy atom. The second-order valence-corrected chi connectivity index (χ2v) is 16.5. The van der Waals surface area contributed by atoms with Gasteiger partial charge in [-0.1, -0.05) is 135 Å². The summed E-state index contributed by atoms with van der Waals surface area (Å²) in [7, 11) is 0. The van der Waals surface area contributed by atoms with Gasteiger partial charge in [0, 0.05) is 47.5 Å². The molecule has 258 valence electrons. The van der Waals surface area contributed by atoms with Crippen LogP contribution >= 0.6 is 11.3 Å². The van der Waals surface area contributed by atoms with Crippen LogP contribution < -0.4 is 0 Å². The third kappa shape index (κ3) is 4.43. The van der Waals surface area contributed by atoms with Gasteiger partial charge in [-0.05, 0) is 80.7 Å². The zero-order valence-electron chi connectivity index (χ0n) is 30.3. The second-order valence-electron chi connectivity index (χ2n) is 15.4. The van der Waals surface area contributed by atoms with Crippen LogP contribution in [0.3, 0.4) is 0 Å². The van der Waals surface area contributed by atoms with Gasteiger partial charge in [-0.15, -0.1) is 11.3 Å². The summed E-state index contributed by atoms with van der Waals surface area (Å²) in [5.74, 6) is 0.858. The van der Waals surface area contributed by atoms with Gasteiger partial charge in [0.15, 0.2) is 5.82 Å². The van der Waals surface area contributed by atoms with Gasteiger partial charge in [-0.2, -0.15) is 0 Å². The Labute approximate surface area is 321 Å². The van der Waals surface area contributed by atoms with Crippen molar-refractivity contribution in [2.75, 3.05) is 0 Å². The van der Waals surface area contributed by atoms with Crippen LogP contribution in [0.4, 0.5) is 0 Å². The van der Waals surface area contributed by atoms with Gasteiger partial charge < -0.3 is 0 Å². The maximum absolute atomic E-state index is 5.79. The molecule has 3 heterocycles. The molecule has 0 fully saturated rings. The van der Waals surface area contributed by atoms with Crippen molar-refractivity contribution in [3.05, 3.63) is 175 Å². The van der Waals surface area contributed by atoms with Crippen molar-refractivity contribution in [3.63, 3.8) is 0 Å². The van der Waals surface area contributed by atoms with Crippen molar-refractivity contribution in [2.24, 2.45) is 0 Å². The third-order valence-corrected chi connectivity index (χ3v) is 13.0. The highest BCUT2D eigenvalue weighted by Crippen LogP contribution is 2.50. The number of hydrogen-bond donors (Lipinski definition) is 0. The number of thiophene rings is 1. The van der Waals surface area contributed by atoms with E-state index >= 15 is 0 Å². The van der Waals surface area contributed by atoms with E-state index in [1.165, 1.54) is 69.2 Å². The lowest BCUT2D eigenvalue weighted by Gasteiger charge is -2.22. The summed E-state index contributed by atoms with van der Waals surface area (Å²) in [5.41, 5.74) is 10.6. The summed E-state index contributed by atoms with van der Waals surface area (Å²) < 4.78 is 4.91. The molecule has 0 radical (unpaired) electrons. The van der Waals surface area contributed by atoms with Crippen LogP contribution in [0.1, 0.15) is 25.1 Å². The van der Waals surface area contributed by atoms with Crippen LogP contribution in [0.2, 0.25) is 0 Å². The van der Waals surface area contributed by atoms with Crippen molar-refractivity contribution in [1.29, 1.82) is 0 Å². The molecule has 0 saturated carbocycles. The first-order chi connectivity index (χ1) is 27.0. The molecule has 0 aliphatic heterocycles. The molecule has 8 aromatic carbocycles. The largest absolute Gasteiger partial charge is 0.292 e. The molecule has 0 atom stereocenters. The molecule has 0 bridgehead atoms. The number of rotatable bonds is 3. The Kier molecular flexibility index (Phi) is 6.27. The zero-order chi connectivity index (χ0) is 36.4. The van der Waals surface area contributed by atoms with Crippen molar-refractivity contribution in [1.82, 2.24) is 14.5 Å². The zero-order valence-corrected chi connectivity index (χ0v) is 31.2. The van der Waals surface area contributed by atoms with Crippen LogP contribution in [0.15, 0.2) is 164 Å². The molecule has 1 aliphatic rings. The highest BCUT2D eigenvalue weighted by Gasteiger charge is 2.40. The van der Waals surface area contributed by atoms with E-state index in [0.29, 0.717) is 0 Å². The predicted octanol–water partition coefficient (Wildman–Crippen LogP) is 13.9. The molecule has 1 aliphatic carbocycles. The Morgan fingerprint density at radius 3 is 1.96 bits per heavy atom. The van der Waals surface area contributed by atoms with Crippen LogP contribution in [0.5, 0.6) is 0 Å². The monoisotopic (exact) mass is 719 g/mol. The summed E-state index contributed by atoms with van der Waals surface area (Å²) in [6.07, 6.45) is 0. The average molecular weight is 720 g/mol. The summed E-state index contributed by atoms with van der Waals surface area (Å²) >= 11 is 1.84. The molecule has 4 heteroatoms. The number of benzene rings is 8. The molecule has 12 rings (SSSR count). The van der Waals surface area contributed by atoms with Crippen LogP contribution in [-0.2, 0) is 5.41 Å². The Bertz CT molecular complexity index is 3420. The van der Waals surface area contributed by atoms with Crippen LogP contribution in [0, 0.1) is 0 Å². The smallest absolute Gasteiger partial charge is 0.164 e. The first kappa shape index (κ1) is 30.8. The fraction of sp³-hybridized carbons (Fsp3) is 0.0588. The molecule has 3 aromatic heterocycles. The molecule has 55 heavy (non-hydrogen) atoms. The van der Waals surface area contributed by atoms with E-state index in [2.05, 4.69) is 182 Å². The molecule has 0 N–H and O–H groups in total. The first-order valence-corrected chi connectivity index (χ1v) is 19.7. The van der Waals surface area contributed by atoms with E-state index in [4.69, 9.17) is 9.97 Å². The number of para-hydroxylation sites is 1. The SMILES string of the molecule is CC1(C)c2cc(-c3ccc4ccccc4c3)ccc2-c2nc(-c3ccc4c(c3)sc3ccccc34)c(-n3c4ccccc4c4cc5ccccc5cc43)nc21. The number of nitrogens with zero attached hydrogens (tertiary/aromatic N) is 3. The highest BCUT2D eigenvalue weighted by atomic mass is 32.1. The Morgan fingerprint density at radius 2 is 1.11 bits per heavy atom. The molecule has 0 unspecified atom stereocenters. The summed E-state index contributed by atoms with van der Waals surface area (Å²) in [5, 5.41) is 9.92. The Balaban J connectivity index is 1.14. The fourth-order valence-corrected chi connectivity index (χ4v) is 10.2. The van der Waals surface area contributed by atoms with Gasteiger partial charge >= 0.3 is 0 Å². The number of hydrogen-bond acceptors (Lipinski definition) is 3.